The summed E-state index contributed by atoms with van der Waals surface area (Å²) in [6.07, 6.45) is 4.01. The van der Waals surface area contributed by atoms with E-state index in [1.54, 1.807) is 11.0 Å². The number of rotatable bonds is 7. The fraction of sp³-hybridized carbons (Fsp3) is 0.500. The van der Waals surface area contributed by atoms with Gasteiger partial charge in [-0.3, -0.25) is 5.32 Å². The molecule has 1 aliphatic heterocycles. The molecule has 2 atom stereocenters. The molecule has 4 N–H and O–H groups in total. The monoisotopic (exact) mass is 497 g/mol. The molecule has 2 aliphatic rings. The summed E-state index contributed by atoms with van der Waals surface area (Å²) in [5.41, 5.74) is 2.46. The Kier molecular flexibility index (Phi) is 8.26. The number of carboxylic acids is 1. The summed E-state index contributed by atoms with van der Waals surface area (Å²) >= 11 is 0. The predicted molar refractivity (Wildman–Crippen MR) is 137 cm³/mol. The number of aromatic carboxylic acids is 1. The Morgan fingerprint density at radius 1 is 1.03 bits per heavy atom. The molecular weight excluding hydrogens is 461 g/mol. The average Bonchev–Trinajstić information content (AvgIpc) is 3.35. The van der Waals surface area contributed by atoms with Crippen LogP contribution in [-0.4, -0.2) is 52.0 Å². The van der Waals surface area contributed by atoms with E-state index in [9.17, 15) is 19.1 Å². The Morgan fingerprint density at radius 2 is 1.72 bits per heavy atom. The van der Waals surface area contributed by atoms with Crippen LogP contribution in [0.15, 0.2) is 42.5 Å². The number of hydrogen-bond donors (Lipinski definition) is 4. The molecule has 2 fully saturated rings. The van der Waals surface area contributed by atoms with Gasteiger partial charge in [-0.1, -0.05) is 32.0 Å². The number of aliphatic hydroxyl groups is 1. The van der Waals surface area contributed by atoms with Gasteiger partial charge in [0.25, 0.3) is 0 Å². The zero-order valence-corrected chi connectivity index (χ0v) is 20.9. The van der Waals surface area contributed by atoms with Gasteiger partial charge in [0, 0.05) is 18.3 Å². The van der Waals surface area contributed by atoms with Gasteiger partial charge in [-0.2, -0.15) is 0 Å². The third-order valence-electron chi connectivity index (χ3n) is 7.58. The van der Waals surface area contributed by atoms with Crippen LogP contribution in [0, 0.1) is 5.82 Å². The first-order valence-electron chi connectivity index (χ1n) is 12.9. The van der Waals surface area contributed by atoms with Crippen molar-refractivity contribution in [2.24, 2.45) is 0 Å². The van der Waals surface area contributed by atoms with Crippen LogP contribution in [-0.2, 0) is 0 Å². The summed E-state index contributed by atoms with van der Waals surface area (Å²) in [5, 5.41) is 26.3. The molecule has 194 valence electrons. The van der Waals surface area contributed by atoms with Crippen molar-refractivity contribution < 1.29 is 24.2 Å². The lowest BCUT2D eigenvalue weighted by Gasteiger charge is -2.35. The molecule has 1 saturated carbocycles. The topological polar surface area (TPSA) is 102 Å². The van der Waals surface area contributed by atoms with E-state index in [0.29, 0.717) is 12.5 Å². The minimum atomic E-state index is -1.26. The van der Waals surface area contributed by atoms with Gasteiger partial charge < -0.3 is 20.4 Å². The summed E-state index contributed by atoms with van der Waals surface area (Å²) in [7, 11) is 0. The lowest BCUT2D eigenvalue weighted by atomic mass is 9.81. The Labute approximate surface area is 211 Å². The number of carboxylic acid groups (broad SMARTS) is 1. The molecule has 2 aromatic carbocycles. The third kappa shape index (κ3) is 6.05. The van der Waals surface area contributed by atoms with Crippen molar-refractivity contribution in [3.05, 3.63) is 65.0 Å². The van der Waals surface area contributed by atoms with E-state index in [1.807, 2.05) is 24.3 Å². The van der Waals surface area contributed by atoms with E-state index < -0.39 is 18.0 Å². The van der Waals surface area contributed by atoms with E-state index in [2.05, 4.69) is 24.5 Å². The van der Waals surface area contributed by atoms with Crippen molar-refractivity contribution in [2.45, 2.75) is 82.5 Å². The second-order valence-electron chi connectivity index (χ2n) is 10.3. The third-order valence-corrected chi connectivity index (χ3v) is 7.58. The largest absolute Gasteiger partial charge is 0.478 e. The quantitative estimate of drug-likeness (QED) is 0.390. The second kappa shape index (κ2) is 11.4. The SMILES string of the molecule is CC(C)c1ccc(NC(=O)N2CCC[C@@H]2C(O)NC2CCC(c3ccc(C(=O)O)c(F)c3)CC2)cc1. The molecule has 1 heterocycles. The maximum Gasteiger partial charge on any atom is 0.338 e. The molecule has 2 amide bonds. The number of hydrogen-bond acceptors (Lipinski definition) is 4. The molecule has 36 heavy (non-hydrogen) atoms. The van der Waals surface area contributed by atoms with Crippen molar-refractivity contribution >= 4 is 17.7 Å². The van der Waals surface area contributed by atoms with Gasteiger partial charge in [-0.05, 0) is 85.8 Å². The summed E-state index contributed by atoms with van der Waals surface area (Å²) in [4.78, 5) is 25.7. The van der Waals surface area contributed by atoms with Crippen molar-refractivity contribution in [1.82, 2.24) is 10.2 Å². The van der Waals surface area contributed by atoms with Crippen molar-refractivity contribution in [2.75, 3.05) is 11.9 Å². The van der Waals surface area contributed by atoms with Gasteiger partial charge in [0.1, 0.15) is 12.0 Å². The first-order chi connectivity index (χ1) is 17.2. The van der Waals surface area contributed by atoms with E-state index in [-0.39, 0.29) is 29.6 Å². The highest BCUT2D eigenvalue weighted by molar-refractivity contribution is 5.90. The van der Waals surface area contributed by atoms with E-state index in [0.717, 1.165) is 49.8 Å². The minimum absolute atomic E-state index is 0.105. The normalized spacial score (nSPS) is 23.0. The molecule has 1 unspecified atom stereocenters. The van der Waals surface area contributed by atoms with Crippen LogP contribution in [0.2, 0.25) is 0 Å². The van der Waals surface area contributed by atoms with Gasteiger partial charge in [0.15, 0.2) is 0 Å². The summed E-state index contributed by atoms with van der Waals surface area (Å²) in [6, 6.07) is 11.8. The minimum Gasteiger partial charge on any atom is -0.478 e. The lowest BCUT2D eigenvalue weighted by molar-refractivity contribution is 0.0468. The number of carbonyl (C=O) groups is 2. The average molecular weight is 498 g/mol. The van der Waals surface area contributed by atoms with E-state index >= 15 is 0 Å². The van der Waals surface area contributed by atoms with Crippen LogP contribution < -0.4 is 10.6 Å². The standard InChI is InChI=1S/C28H36FN3O4/c1-17(2)18-5-10-22(11-6-18)31-28(36)32-15-3-4-25(32)26(33)30-21-12-7-19(8-13-21)20-9-14-23(27(34)35)24(29)16-20/h5-6,9-11,14,16-17,19,21,25-26,30,33H,3-4,7-8,12-13,15H2,1-2H3,(H,31,36)(H,34,35)/t19?,21?,25-,26?/m1/s1. The number of likely N-dealkylation sites (tertiary alicyclic amines) is 1. The highest BCUT2D eigenvalue weighted by Gasteiger charge is 2.35. The number of aliphatic hydroxyl groups excluding tert-OH is 1. The molecule has 8 heteroatoms. The maximum atomic E-state index is 14.1. The van der Waals surface area contributed by atoms with Crippen LogP contribution in [0.5, 0.6) is 0 Å². The smallest absolute Gasteiger partial charge is 0.338 e. The zero-order chi connectivity index (χ0) is 25.8. The van der Waals surface area contributed by atoms with Gasteiger partial charge >= 0.3 is 12.0 Å². The Balaban J connectivity index is 1.29. The zero-order valence-electron chi connectivity index (χ0n) is 20.9. The Morgan fingerprint density at radius 3 is 2.33 bits per heavy atom. The molecule has 0 aromatic heterocycles. The van der Waals surface area contributed by atoms with Crippen LogP contribution in [0.3, 0.4) is 0 Å². The first kappa shape index (κ1) is 26.1. The molecule has 1 aliphatic carbocycles. The number of nitrogens with zero attached hydrogens (tertiary/aromatic N) is 1. The van der Waals surface area contributed by atoms with Crippen LogP contribution in [0.1, 0.15) is 85.7 Å². The number of nitrogens with one attached hydrogen (secondary N) is 2. The summed E-state index contributed by atoms with van der Waals surface area (Å²) in [5.74, 6) is -1.38. The van der Waals surface area contributed by atoms with Gasteiger partial charge in [0.05, 0.1) is 11.6 Å². The molecule has 4 rings (SSSR count). The lowest BCUT2D eigenvalue weighted by Crippen LogP contribution is -2.53. The highest BCUT2D eigenvalue weighted by Crippen LogP contribution is 2.34. The van der Waals surface area contributed by atoms with Crippen molar-refractivity contribution in [3.63, 3.8) is 0 Å². The number of benzene rings is 2. The molecular formula is C28H36FN3O4. The van der Waals surface area contributed by atoms with Gasteiger partial charge in [-0.15, -0.1) is 0 Å². The van der Waals surface area contributed by atoms with Crippen molar-refractivity contribution in [3.8, 4) is 0 Å². The Hall–Kier alpha value is -2.97. The molecule has 2 aromatic rings. The number of anilines is 1. The second-order valence-corrected chi connectivity index (χ2v) is 10.3. The van der Waals surface area contributed by atoms with Crippen LogP contribution in [0.4, 0.5) is 14.9 Å². The van der Waals surface area contributed by atoms with Gasteiger partial charge in [0.2, 0.25) is 0 Å². The number of carbonyl (C=O) groups excluding carboxylic acids is 1. The number of amides is 2. The molecule has 1 saturated heterocycles. The number of urea groups is 1. The molecule has 0 radical (unpaired) electrons. The fourth-order valence-electron chi connectivity index (χ4n) is 5.42. The van der Waals surface area contributed by atoms with E-state index in [1.165, 1.54) is 17.7 Å². The Bertz CT molecular complexity index is 1070. The summed E-state index contributed by atoms with van der Waals surface area (Å²) in [6.45, 7) is 4.85. The van der Waals surface area contributed by atoms with Crippen molar-refractivity contribution in [1.29, 1.82) is 0 Å². The molecule has 7 nitrogen and oxygen atoms in total. The number of halogens is 1. The highest BCUT2D eigenvalue weighted by atomic mass is 19.1. The van der Waals surface area contributed by atoms with Crippen LogP contribution >= 0.6 is 0 Å². The predicted octanol–water partition coefficient (Wildman–Crippen LogP) is 5.28. The van der Waals surface area contributed by atoms with Crippen LogP contribution in [0.25, 0.3) is 0 Å². The maximum absolute atomic E-state index is 14.1. The first-order valence-corrected chi connectivity index (χ1v) is 12.9. The van der Waals surface area contributed by atoms with E-state index in [4.69, 9.17) is 5.11 Å². The fourth-order valence-corrected chi connectivity index (χ4v) is 5.42. The molecule has 0 bridgehead atoms. The molecule has 0 spiro atoms. The van der Waals surface area contributed by atoms with Gasteiger partial charge in [-0.25, -0.2) is 14.0 Å². The summed E-state index contributed by atoms with van der Waals surface area (Å²) < 4.78 is 14.1.